The van der Waals surface area contributed by atoms with Gasteiger partial charge in [-0.05, 0) is 11.6 Å². The number of rotatable bonds is 2. The number of hydrogen-bond donors (Lipinski definition) is 3. The molecule has 4 atom stereocenters. The lowest BCUT2D eigenvalue weighted by Gasteiger charge is -2.16. The maximum atomic E-state index is 10.0. The average molecular weight is 320 g/mol. The number of anilines is 1. The molecule has 1 aliphatic rings. The molecule has 0 spiro atoms. The van der Waals surface area contributed by atoms with Gasteiger partial charge in [-0.3, -0.25) is 4.57 Å². The number of alkyl halides is 1. The topological polar surface area (TPSA) is 119 Å². The average Bonchev–Trinajstić information content (AvgIpc) is 2.93. The summed E-state index contributed by atoms with van der Waals surface area (Å²) in [5, 5.41) is 19.8. The smallest absolute Gasteiger partial charge is 0.226 e. The van der Waals surface area contributed by atoms with E-state index in [1.807, 2.05) is 0 Å². The lowest BCUT2D eigenvalue weighted by atomic mass is 10.1. The SMILES string of the molecule is Nc1nc(Cl)nc2c1ncn2[C@@H]1O[C@H](CCl)C(O)C1O. The fourth-order valence-electron chi connectivity index (χ4n) is 2.18. The zero-order valence-corrected chi connectivity index (χ0v) is 11.5. The van der Waals surface area contributed by atoms with Crippen LogP contribution in [0.15, 0.2) is 6.33 Å². The number of nitrogens with two attached hydrogens (primary N) is 1. The Kier molecular flexibility index (Phi) is 3.43. The molecule has 10 heteroatoms. The molecule has 0 amide bonds. The Balaban J connectivity index is 2.07. The molecule has 3 heterocycles. The van der Waals surface area contributed by atoms with Crippen LogP contribution in [0.2, 0.25) is 5.28 Å². The van der Waals surface area contributed by atoms with Crippen molar-refractivity contribution >= 4 is 40.2 Å². The van der Waals surface area contributed by atoms with Gasteiger partial charge >= 0.3 is 0 Å². The molecule has 1 aliphatic heterocycles. The molecule has 2 aromatic heterocycles. The molecular formula is C10H11Cl2N5O3. The molecule has 3 rings (SSSR count). The minimum Gasteiger partial charge on any atom is -0.387 e. The summed E-state index contributed by atoms with van der Waals surface area (Å²) in [7, 11) is 0. The van der Waals surface area contributed by atoms with E-state index in [9.17, 15) is 10.2 Å². The first kappa shape index (κ1) is 13.8. The second-order valence-electron chi connectivity index (χ2n) is 4.40. The Morgan fingerprint density at radius 3 is 2.75 bits per heavy atom. The molecule has 20 heavy (non-hydrogen) atoms. The number of aliphatic hydroxyl groups excluding tert-OH is 2. The normalized spacial score (nSPS) is 30.2. The van der Waals surface area contributed by atoms with Crippen LogP contribution in [0, 0.1) is 0 Å². The molecule has 1 fully saturated rings. The molecule has 2 unspecified atom stereocenters. The second kappa shape index (κ2) is 4.97. The number of aromatic nitrogens is 4. The third-order valence-electron chi connectivity index (χ3n) is 3.18. The summed E-state index contributed by atoms with van der Waals surface area (Å²) in [5.74, 6) is 0.180. The molecular weight excluding hydrogens is 309 g/mol. The predicted molar refractivity (Wildman–Crippen MR) is 71.4 cm³/mol. The number of imidazole rings is 1. The van der Waals surface area contributed by atoms with E-state index in [0.717, 1.165) is 0 Å². The summed E-state index contributed by atoms with van der Waals surface area (Å²) in [6.07, 6.45) is -2.41. The van der Waals surface area contributed by atoms with Crippen molar-refractivity contribution in [2.75, 3.05) is 11.6 Å². The summed E-state index contributed by atoms with van der Waals surface area (Å²) >= 11 is 11.4. The van der Waals surface area contributed by atoms with Crippen LogP contribution in [0.4, 0.5) is 5.82 Å². The number of hydrogen-bond acceptors (Lipinski definition) is 7. The highest BCUT2D eigenvalue weighted by molar-refractivity contribution is 6.28. The minimum atomic E-state index is -1.16. The number of fused-ring (bicyclic) bond motifs is 1. The third kappa shape index (κ3) is 2.00. The predicted octanol–water partition coefficient (Wildman–Crippen LogP) is -0.0801. The third-order valence-corrected chi connectivity index (χ3v) is 3.66. The first-order chi connectivity index (χ1) is 9.52. The molecule has 4 N–H and O–H groups in total. The standard InChI is InChI=1S/C10H11Cl2N5O3/c11-1-3-5(18)6(19)9(20-3)17-2-14-4-7(13)15-10(12)16-8(4)17/h2-3,5-6,9,18-19H,1H2,(H2,13,15,16)/t3-,5?,6?,9-/m1/s1. The summed E-state index contributed by atoms with van der Waals surface area (Å²) in [5.41, 5.74) is 6.35. The molecule has 0 bridgehead atoms. The van der Waals surface area contributed by atoms with Crippen molar-refractivity contribution in [2.24, 2.45) is 0 Å². The number of aliphatic hydroxyl groups is 2. The van der Waals surface area contributed by atoms with E-state index < -0.39 is 24.5 Å². The second-order valence-corrected chi connectivity index (χ2v) is 5.05. The van der Waals surface area contributed by atoms with E-state index in [1.165, 1.54) is 10.9 Å². The maximum absolute atomic E-state index is 10.0. The van der Waals surface area contributed by atoms with E-state index in [0.29, 0.717) is 11.2 Å². The van der Waals surface area contributed by atoms with Gasteiger partial charge in [0.2, 0.25) is 5.28 Å². The van der Waals surface area contributed by atoms with E-state index in [1.54, 1.807) is 0 Å². The highest BCUT2D eigenvalue weighted by Crippen LogP contribution is 2.32. The first-order valence-corrected chi connectivity index (χ1v) is 6.67. The van der Waals surface area contributed by atoms with Crippen molar-refractivity contribution in [3.63, 3.8) is 0 Å². The summed E-state index contributed by atoms with van der Waals surface area (Å²) < 4.78 is 6.96. The Morgan fingerprint density at radius 2 is 2.10 bits per heavy atom. The molecule has 2 aromatic rings. The summed E-state index contributed by atoms with van der Waals surface area (Å²) in [6.45, 7) is 0. The maximum Gasteiger partial charge on any atom is 0.226 e. The highest BCUT2D eigenvalue weighted by Gasteiger charge is 2.43. The van der Waals surface area contributed by atoms with Crippen LogP contribution in [0.3, 0.4) is 0 Å². The lowest BCUT2D eigenvalue weighted by molar-refractivity contribution is -0.0291. The number of nitrogens with zero attached hydrogens (tertiary/aromatic N) is 4. The van der Waals surface area contributed by atoms with Gasteiger partial charge in [0.05, 0.1) is 12.2 Å². The van der Waals surface area contributed by atoms with Gasteiger partial charge in [-0.1, -0.05) is 0 Å². The van der Waals surface area contributed by atoms with Crippen molar-refractivity contribution in [3.8, 4) is 0 Å². The lowest BCUT2D eigenvalue weighted by Crippen LogP contribution is -2.32. The monoisotopic (exact) mass is 319 g/mol. The van der Waals surface area contributed by atoms with Gasteiger partial charge in [-0.2, -0.15) is 9.97 Å². The highest BCUT2D eigenvalue weighted by atomic mass is 35.5. The van der Waals surface area contributed by atoms with Crippen LogP contribution >= 0.6 is 23.2 Å². The van der Waals surface area contributed by atoms with Gasteiger partial charge in [-0.15, -0.1) is 11.6 Å². The minimum absolute atomic E-state index is 0.0429. The zero-order valence-electron chi connectivity index (χ0n) is 10.0. The van der Waals surface area contributed by atoms with Crippen LogP contribution < -0.4 is 5.73 Å². The Bertz CT molecular complexity index is 651. The van der Waals surface area contributed by atoms with Crippen LogP contribution in [0.5, 0.6) is 0 Å². The number of ether oxygens (including phenoxy) is 1. The van der Waals surface area contributed by atoms with Crippen LogP contribution in [0.25, 0.3) is 11.2 Å². The largest absolute Gasteiger partial charge is 0.387 e. The van der Waals surface area contributed by atoms with Gasteiger partial charge in [0.15, 0.2) is 17.7 Å². The fraction of sp³-hybridized carbons (Fsp3) is 0.500. The fourth-order valence-corrected chi connectivity index (χ4v) is 2.61. The number of halogens is 2. The van der Waals surface area contributed by atoms with Crippen LogP contribution in [-0.4, -0.2) is 53.9 Å². The Morgan fingerprint density at radius 1 is 1.35 bits per heavy atom. The quantitative estimate of drug-likeness (QED) is 0.523. The van der Waals surface area contributed by atoms with Gasteiger partial charge in [0, 0.05) is 0 Å². The van der Waals surface area contributed by atoms with Crippen molar-refractivity contribution < 1.29 is 14.9 Å². The van der Waals surface area contributed by atoms with Crippen LogP contribution in [0.1, 0.15) is 6.23 Å². The van der Waals surface area contributed by atoms with E-state index in [4.69, 9.17) is 33.7 Å². The molecule has 1 saturated heterocycles. The first-order valence-electron chi connectivity index (χ1n) is 5.76. The molecule has 0 saturated carbocycles. The Labute approximate surface area is 123 Å². The van der Waals surface area contributed by atoms with E-state index in [-0.39, 0.29) is 17.0 Å². The van der Waals surface area contributed by atoms with E-state index in [2.05, 4.69) is 15.0 Å². The molecule has 8 nitrogen and oxygen atoms in total. The Hall–Kier alpha value is -1.19. The van der Waals surface area contributed by atoms with Gasteiger partial charge in [0.25, 0.3) is 0 Å². The zero-order chi connectivity index (χ0) is 14.4. The van der Waals surface area contributed by atoms with Gasteiger partial charge < -0.3 is 20.7 Å². The number of nitrogen functional groups attached to an aromatic ring is 1. The molecule has 0 radical (unpaired) electrons. The molecule has 0 aliphatic carbocycles. The molecule has 0 aromatic carbocycles. The summed E-state index contributed by atoms with van der Waals surface area (Å²) in [4.78, 5) is 11.9. The summed E-state index contributed by atoms with van der Waals surface area (Å²) in [6, 6.07) is 0. The van der Waals surface area contributed by atoms with Crippen molar-refractivity contribution in [1.29, 1.82) is 0 Å². The van der Waals surface area contributed by atoms with E-state index >= 15 is 0 Å². The van der Waals surface area contributed by atoms with Crippen molar-refractivity contribution in [2.45, 2.75) is 24.5 Å². The van der Waals surface area contributed by atoms with Crippen LogP contribution in [-0.2, 0) is 4.74 Å². The van der Waals surface area contributed by atoms with Gasteiger partial charge in [-0.25, -0.2) is 4.98 Å². The molecule has 108 valence electrons. The van der Waals surface area contributed by atoms with Crippen molar-refractivity contribution in [1.82, 2.24) is 19.5 Å². The van der Waals surface area contributed by atoms with Crippen molar-refractivity contribution in [3.05, 3.63) is 11.6 Å². The van der Waals surface area contributed by atoms with Gasteiger partial charge in [0.1, 0.15) is 23.8 Å².